The van der Waals surface area contributed by atoms with Gasteiger partial charge in [-0.3, -0.25) is 4.98 Å². The highest BCUT2D eigenvalue weighted by Gasteiger charge is 2.20. The summed E-state index contributed by atoms with van der Waals surface area (Å²) < 4.78 is 0. The molecule has 3 heteroatoms. The van der Waals surface area contributed by atoms with Gasteiger partial charge in [-0.2, -0.15) is 0 Å². The number of halogens is 1. The first-order valence-corrected chi connectivity index (χ1v) is 5.40. The van der Waals surface area contributed by atoms with E-state index >= 15 is 0 Å². The van der Waals surface area contributed by atoms with Crippen LogP contribution >= 0.6 is 11.6 Å². The van der Waals surface area contributed by atoms with Crippen LogP contribution in [0.2, 0.25) is 5.02 Å². The van der Waals surface area contributed by atoms with Gasteiger partial charge < -0.3 is 5.11 Å². The third-order valence-electron chi connectivity index (χ3n) is 2.70. The molecule has 76 valence electrons. The molecule has 1 heterocycles. The Morgan fingerprint density at radius 1 is 1.50 bits per heavy atom. The first kappa shape index (κ1) is 9.94. The minimum Gasteiger partial charge on any atom is -0.387 e. The lowest BCUT2D eigenvalue weighted by molar-refractivity contribution is 0.162. The summed E-state index contributed by atoms with van der Waals surface area (Å²) in [6.45, 7) is 1.91. The van der Waals surface area contributed by atoms with Crippen molar-refractivity contribution in [3.63, 3.8) is 0 Å². The maximum absolute atomic E-state index is 9.87. The molecule has 2 rings (SSSR count). The zero-order valence-electron chi connectivity index (χ0n) is 8.26. The summed E-state index contributed by atoms with van der Waals surface area (Å²) in [7, 11) is 0. The Kier molecular flexibility index (Phi) is 2.75. The van der Waals surface area contributed by atoms with Crippen LogP contribution in [0.4, 0.5) is 0 Å². The zero-order valence-corrected chi connectivity index (χ0v) is 9.01. The number of nitrogens with zero attached hydrogens (tertiary/aromatic N) is 1. The highest BCUT2D eigenvalue weighted by Crippen LogP contribution is 2.31. The molecule has 1 N–H and O–H groups in total. The van der Waals surface area contributed by atoms with Crippen molar-refractivity contribution in [3.8, 4) is 0 Å². The molecule has 0 aliphatic heterocycles. The molecule has 14 heavy (non-hydrogen) atoms. The lowest BCUT2D eigenvalue weighted by atomic mass is 10.1. The molecule has 1 aliphatic carbocycles. The molecule has 0 radical (unpaired) electrons. The SMILES string of the molecule is Cc1cc(Cl)c2c(n1)C(O)CCCC2. The van der Waals surface area contributed by atoms with Crippen LogP contribution in [0.5, 0.6) is 0 Å². The fourth-order valence-electron chi connectivity index (χ4n) is 1.98. The van der Waals surface area contributed by atoms with Crippen LogP contribution in [-0.2, 0) is 6.42 Å². The number of aryl methyl sites for hydroxylation is 1. The number of hydrogen-bond acceptors (Lipinski definition) is 2. The van der Waals surface area contributed by atoms with E-state index in [1.807, 2.05) is 13.0 Å². The van der Waals surface area contributed by atoms with Crippen LogP contribution in [0.3, 0.4) is 0 Å². The number of aliphatic hydroxyl groups excluding tert-OH is 1. The third-order valence-corrected chi connectivity index (χ3v) is 3.04. The van der Waals surface area contributed by atoms with Crippen molar-refractivity contribution in [2.45, 2.75) is 38.7 Å². The van der Waals surface area contributed by atoms with Crippen LogP contribution in [0.25, 0.3) is 0 Å². The summed E-state index contributed by atoms with van der Waals surface area (Å²) in [5, 5.41) is 10.6. The normalized spacial score (nSPS) is 21.5. The molecule has 0 bridgehead atoms. The minimum absolute atomic E-state index is 0.426. The van der Waals surface area contributed by atoms with Crippen molar-refractivity contribution in [1.82, 2.24) is 4.98 Å². The van der Waals surface area contributed by atoms with Gasteiger partial charge >= 0.3 is 0 Å². The maximum Gasteiger partial charge on any atom is 0.0963 e. The monoisotopic (exact) mass is 211 g/mol. The third kappa shape index (κ3) is 1.77. The first-order valence-electron chi connectivity index (χ1n) is 5.02. The molecule has 0 aromatic carbocycles. The van der Waals surface area contributed by atoms with E-state index in [0.717, 1.165) is 47.7 Å². The lowest BCUT2D eigenvalue weighted by Gasteiger charge is -2.12. The van der Waals surface area contributed by atoms with E-state index in [1.54, 1.807) is 0 Å². The summed E-state index contributed by atoms with van der Waals surface area (Å²) in [4.78, 5) is 4.38. The van der Waals surface area contributed by atoms with E-state index in [4.69, 9.17) is 11.6 Å². The number of aliphatic hydroxyl groups is 1. The molecule has 1 aromatic rings. The summed E-state index contributed by atoms with van der Waals surface area (Å²) in [6.07, 6.45) is 3.46. The van der Waals surface area contributed by atoms with E-state index in [0.29, 0.717) is 0 Å². The van der Waals surface area contributed by atoms with Gasteiger partial charge in [0, 0.05) is 10.7 Å². The number of fused-ring (bicyclic) bond motifs is 1. The van der Waals surface area contributed by atoms with Gasteiger partial charge in [0.15, 0.2) is 0 Å². The van der Waals surface area contributed by atoms with Crippen LogP contribution in [0.1, 0.15) is 42.3 Å². The van der Waals surface area contributed by atoms with Crippen LogP contribution in [0.15, 0.2) is 6.07 Å². The summed E-state index contributed by atoms with van der Waals surface area (Å²) in [5.74, 6) is 0. The van der Waals surface area contributed by atoms with Crippen LogP contribution < -0.4 is 0 Å². The van der Waals surface area contributed by atoms with E-state index in [1.165, 1.54) is 0 Å². The molecule has 1 unspecified atom stereocenters. The molecule has 1 aliphatic rings. The molecule has 1 atom stereocenters. The Bertz CT molecular complexity index is 351. The first-order chi connectivity index (χ1) is 6.68. The zero-order chi connectivity index (χ0) is 10.1. The maximum atomic E-state index is 9.87. The standard InChI is InChI=1S/C11H14ClNO/c1-7-6-9(12)8-4-2-3-5-10(14)11(8)13-7/h6,10,14H,2-5H2,1H3. The van der Waals surface area contributed by atoms with Crippen molar-refractivity contribution in [3.05, 3.63) is 28.0 Å². The largest absolute Gasteiger partial charge is 0.387 e. The van der Waals surface area contributed by atoms with Gasteiger partial charge in [0.1, 0.15) is 0 Å². The van der Waals surface area contributed by atoms with Gasteiger partial charge in [0.05, 0.1) is 11.8 Å². The van der Waals surface area contributed by atoms with E-state index in [-0.39, 0.29) is 0 Å². The second kappa shape index (κ2) is 3.87. The van der Waals surface area contributed by atoms with Crippen molar-refractivity contribution < 1.29 is 5.11 Å². The average molecular weight is 212 g/mol. The molecule has 0 spiro atoms. The molecule has 0 saturated carbocycles. The summed E-state index contributed by atoms with van der Waals surface area (Å²) in [5.41, 5.74) is 2.73. The predicted octanol–water partition coefficient (Wildman–Crippen LogP) is 2.80. The summed E-state index contributed by atoms with van der Waals surface area (Å²) in [6, 6.07) is 1.87. The van der Waals surface area contributed by atoms with Gasteiger partial charge in [0.25, 0.3) is 0 Å². The smallest absolute Gasteiger partial charge is 0.0963 e. The fraction of sp³-hybridized carbons (Fsp3) is 0.545. The van der Waals surface area contributed by atoms with Gasteiger partial charge in [0.2, 0.25) is 0 Å². The predicted molar refractivity (Wildman–Crippen MR) is 56.5 cm³/mol. The molecular weight excluding hydrogens is 198 g/mol. The minimum atomic E-state index is -0.426. The number of rotatable bonds is 0. The number of pyridine rings is 1. The molecule has 1 aromatic heterocycles. The molecular formula is C11H14ClNO. The number of hydrogen-bond donors (Lipinski definition) is 1. The Labute approximate surface area is 88.9 Å². The summed E-state index contributed by atoms with van der Waals surface area (Å²) >= 11 is 6.13. The highest BCUT2D eigenvalue weighted by atomic mass is 35.5. The average Bonchev–Trinajstić information content (AvgIpc) is 2.29. The lowest BCUT2D eigenvalue weighted by Crippen LogP contribution is -2.04. The molecule has 0 saturated heterocycles. The highest BCUT2D eigenvalue weighted by molar-refractivity contribution is 6.31. The van der Waals surface area contributed by atoms with Gasteiger partial charge in [-0.05, 0) is 37.8 Å². The van der Waals surface area contributed by atoms with E-state index < -0.39 is 6.10 Å². The molecule has 0 fully saturated rings. The Morgan fingerprint density at radius 2 is 2.29 bits per heavy atom. The van der Waals surface area contributed by atoms with Crippen molar-refractivity contribution in [2.24, 2.45) is 0 Å². The Hall–Kier alpha value is -0.600. The van der Waals surface area contributed by atoms with Crippen LogP contribution in [-0.4, -0.2) is 10.1 Å². The van der Waals surface area contributed by atoms with Gasteiger partial charge in [-0.15, -0.1) is 0 Å². The van der Waals surface area contributed by atoms with Crippen molar-refractivity contribution >= 4 is 11.6 Å². The van der Waals surface area contributed by atoms with Gasteiger partial charge in [-0.25, -0.2) is 0 Å². The fourth-order valence-corrected chi connectivity index (χ4v) is 2.33. The van der Waals surface area contributed by atoms with Crippen LogP contribution in [0, 0.1) is 6.92 Å². The number of aromatic nitrogens is 1. The topological polar surface area (TPSA) is 33.1 Å². The molecule has 0 amide bonds. The Balaban J connectivity index is 2.53. The second-order valence-electron chi connectivity index (χ2n) is 3.87. The molecule has 2 nitrogen and oxygen atoms in total. The Morgan fingerprint density at radius 3 is 3.07 bits per heavy atom. The van der Waals surface area contributed by atoms with Gasteiger partial charge in [-0.1, -0.05) is 18.0 Å². The quantitative estimate of drug-likeness (QED) is 0.670. The second-order valence-corrected chi connectivity index (χ2v) is 4.28. The van der Waals surface area contributed by atoms with Crippen molar-refractivity contribution in [2.75, 3.05) is 0 Å². The van der Waals surface area contributed by atoms with E-state index in [2.05, 4.69) is 4.98 Å². The van der Waals surface area contributed by atoms with Crippen molar-refractivity contribution in [1.29, 1.82) is 0 Å². The van der Waals surface area contributed by atoms with E-state index in [9.17, 15) is 5.11 Å².